The lowest BCUT2D eigenvalue weighted by Gasteiger charge is -2.32. The molecule has 2 fully saturated rings. The van der Waals surface area contributed by atoms with Crippen LogP contribution in [0.5, 0.6) is 0 Å². The molecule has 1 aromatic rings. The molecule has 0 spiro atoms. The van der Waals surface area contributed by atoms with Crippen molar-refractivity contribution in [3.63, 3.8) is 0 Å². The van der Waals surface area contributed by atoms with Crippen LogP contribution in [-0.4, -0.2) is 71.6 Å². The van der Waals surface area contributed by atoms with Gasteiger partial charge in [0.15, 0.2) is 0 Å². The van der Waals surface area contributed by atoms with Crippen LogP contribution in [0.25, 0.3) is 0 Å². The van der Waals surface area contributed by atoms with Gasteiger partial charge < -0.3 is 29.6 Å². The zero-order chi connectivity index (χ0) is 25.3. The molecule has 0 aromatic carbocycles. The first kappa shape index (κ1) is 26.2. The average molecular weight is 475 g/mol. The normalized spacial score (nSPS) is 22.4. The summed E-state index contributed by atoms with van der Waals surface area (Å²) >= 11 is 0. The van der Waals surface area contributed by atoms with Gasteiger partial charge in [-0.05, 0) is 67.7 Å². The number of carbonyl (C=O) groups excluding carboxylic acids is 2. The Hall–Kier alpha value is -2.40. The van der Waals surface area contributed by atoms with Gasteiger partial charge in [-0.1, -0.05) is 0 Å². The van der Waals surface area contributed by atoms with Crippen molar-refractivity contribution in [1.82, 2.24) is 20.6 Å². The van der Waals surface area contributed by atoms with Crippen molar-refractivity contribution < 1.29 is 23.6 Å². The standard InChI is InChI=1S/C23H38BN5O5/c1-15(28-20(31)32-21(2,3)4)18(30)25-11-16-9-10-29(14-16)19-26-12-17(13-27-19)24-33-22(5,6)23(7,8)34-24/h12-13,15-16H,9-11,14H2,1-8H3,(H,25,30)(H,28,31)/t15-,16+/m0/s1. The first-order chi connectivity index (χ1) is 15.7. The van der Waals surface area contributed by atoms with Crippen molar-refractivity contribution in [2.75, 3.05) is 24.5 Å². The first-order valence-corrected chi connectivity index (χ1v) is 11.9. The minimum Gasteiger partial charge on any atom is -0.444 e. The zero-order valence-corrected chi connectivity index (χ0v) is 21.6. The highest BCUT2D eigenvalue weighted by Gasteiger charge is 2.52. The van der Waals surface area contributed by atoms with E-state index in [1.807, 2.05) is 27.7 Å². The van der Waals surface area contributed by atoms with E-state index in [9.17, 15) is 9.59 Å². The van der Waals surface area contributed by atoms with Gasteiger partial charge in [0, 0.05) is 37.5 Å². The van der Waals surface area contributed by atoms with Crippen LogP contribution in [0, 0.1) is 5.92 Å². The molecule has 0 radical (unpaired) electrons. The fraction of sp³-hybridized carbons (Fsp3) is 0.739. The summed E-state index contributed by atoms with van der Waals surface area (Å²) in [5.74, 6) is 0.672. The molecular formula is C23H38BN5O5. The zero-order valence-electron chi connectivity index (χ0n) is 21.6. The number of ether oxygens (including phenoxy) is 1. The predicted octanol–water partition coefficient (Wildman–Crippen LogP) is 1.63. The molecule has 2 amide bonds. The summed E-state index contributed by atoms with van der Waals surface area (Å²) in [7, 11) is -0.489. The number of anilines is 1. The van der Waals surface area contributed by atoms with Crippen LogP contribution >= 0.6 is 0 Å². The van der Waals surface area contributed by atoms with E-state index < -0.39 is 36.1 Å². The van der Waals surface area contributed by atoms with Crippen molar-refractivity contribution in [2.45, 2.75) is 84.7 Å². The molecule has 2 aliphatic heterocycles. The molecule has 0 bridgehead atoms. The Bertz CT molecular complexity index is 871. The summed E-state index contributed by atoms with van der Waals surface area (Å²) in [5, 5.41) is 5.48. The molecule has 2 atom stereocenters. The third-order valence-electron chi connectivity index (χ3n) is 6.44. The molecule has 10 nitrogen and oxygen atoms in total. The Morgan fingerprint density at radius 3 is 2.35 bits per heavy atom. The fourth-order valence-electron chi connectivity index (χ4n) is 3.72. The van der Waals surface area contributed by atoms with Crippen LogP contribution in [0.15, 0.2) is 12.4 Å². The van der Waals surface area contributed by atoms with Crippen LogP contribution in [0.4, 0.5) is 10.7 Å². The first-order valence-electron chi connectivity index (χ1n) is 11.9. The smallest absolute Gasteiger partial charge is 0.444 e. The van der Waals surface area contributed by atoms with Crippen LogP contribution in [0.3, 0.4) is 0 Å². The van der Waals surface area contributed by atoms with Crippen LogP contribution < -0.4 is 21.0 Å². The molecule has 188 valence electrons. The second-order valence-corrected chi connectivity index (χ2v) is 11.1. The number of nitrogens with one attached hydrogen (secondary N) is 2. The highest BCUT2D eigenvalue weighted by Crippen LogP contribution is 2.36. The maximum absolute atomic E-state index is 12.4. The monoisotopic (exact) mass is 475 g/mol. The van der Waals surface area contributed by atoms with Gasteiger partial charge in [0.25, 0.3) is 0 Å². The van der Waals surface area contributed by atoms with Crippen molar-refractivity contribution in [3.8, 4) is 0 Å². The third-order valence-corrected chi connectivity index (χ3v) is 6.44. The minimum atomic E-state index is -0.682. The van der Waals surface area contributed by atoms with E-state index in [0.717, 1.165) is 25.0 Å². The molecular weight excluding hydrogens is 437 g/mol. The Balaban J connectivity index is 1.46. The molecule has 2 N–H and O–H groups in total. The van der Waals surface area contributed by atoms with E-state index in [0.29, 0.717) is 12.5 Å². The lowest BCUT2D eigenvalue weighted by atomic mass is 9.81. The van der Waals surface area contributed by atoms with Gasteiger partial charge in [0.05, 0.1) is 11.2 Å². The Kier molecular flexibility index (Phi) is 7.47. The summed E-state index contributed by atoms with van der Waals surface area (Å²) in [5.41, 5.74) is -0.652. The summed E-state index contributed by atoms with van der Waals surface area (Å²) in [6.07, 6.45) is 3.81. The van der Waals surface area contributed by atoms with Crippen LogP contribution in [-0.2, 0) is 18.8 Å². The largest absolute Gasteiger partial charge is 0.498 e. The van der Waals surface area contributed by atoms with Gasteiger partial charge >= 0.3 is 13.2 Å². The SMILES string of the molecule is C[C@H](NC(=O)OC(C)(C)C)C(=O)NC[C@H]1CCN(c2ncc(B3OC(C)(C)C(C)(C)O3)cn2)C1. The van der Waals surface area contributed by atoms with E-state index in [1.54, 1.807) is 40.1 Å². The van der Waals surface area contributed by atoms with E-state index in [1.165, 1.54) is 0 Å². The molecule has 1 aromatic heterocycles. The Morgan fingerprint density at radius 1 is 1.21 bits per heavy atom. The molecule has 0 aliphatic carbocycles. The van der Waals surface area contributed by atoms with Crippen LogP contribution in [0.1, 0.15) is 61.8 Å². The lowest BCUT2D eigenvalue weighted by molar-refractivity contribution is -0.122. The summed E-state index contributed by atoms with van der Waals surface area (Å²) in [4.78, 5) is 35.4. The van der Waals surface area contributed by atoms with Gasteiger partial charge in [-0.15, -0.1) is 0 Å². The molecule has 11 heteroatoms. The van der Waals surface area contributed by atoms with Gasteiger partial charge in [0.1, 0.15) is 11.6 Å². The van der Waals surface area contributed by atoms with Gasteiger partial charge in [-0.2, -0.15) is 0 Å². The molecule has 0 saturated carbocycles. The number of hydrogen-bond donors (Lipinski definition) is 2. The van der Waals surface area contributed by atoms with Gasteiger partial charge in [-0.25, -0.2) is 14.8 Å². The molecule has 3 rings (SSSR count). The quantitative estimate of drug-likeness (QED) is 0.597. The molecule has 2 aliphatic rings. The molecule has 2 saturated heterocycles. The van der Waals surface area contributed by atoms with Gasteiger partial charge in [-0.3, -0.25) is 4.79 Å². The molecule has 0 unspecified atom stereocenters. The number of aromatic nitrogens is 2. The maximum atomic E-state index is 12.4. The Labute approximate surface area is 202 Å². The second kappa shape index (κ2) is 9.69. The van der Waals surface area contributed by atoms with Crippen molar-refractivity contribution in [3.05, 3.63) is 12.4 Å². The second-order valence-electron chi connectivity index (χ2n) is 11.1. The van der Waals surface area contributed by atoms with E-state index in [-0.39, 0.29) is 11.8 Å². The lowest BCUT2D eigenvalue weighted by Crippen LogP contribution is -2.47. The van der Waals surface area contributed by atoms with Crippen molar-refractivity contribution in [2.24, 2.45) is 5.92 Å². The Morgan fingerprint density at radius 2 is 1.79 bits per heavy atom. The van der Waals surface area contributed by atoms with Crippen LogP contribution in [0.2, 0.25) is 0 Å². The summed E-state index contributed by atoms with van der Waals surface area (Å²) in [6.45, 7) is 17.1. The van der Waals surface area contributed by atoms with Crippen molar-refractivity contribution >= 4 is 30.5 Å². The fourth-order valence-corrected chi connectivity index (χ4v) is 3.72. The number of alkyl carbamates (subject to hydrolysis) is 1. The third kappa shape index (κ3) is 6.38. The number of carbonyl (C=O) groups is 2. The summed E-state index contributed by atoms with van der Waals surface area (Å²) in [6, 6.07) is -0.682. The predicted molar refractivity (Wildman–Crippen MR) is 130 cm³/mol. The molecule has 34 heavy (non-hydrogen) atoms. The van der Waals surface area contributed by atoms with Crippen molar-refractivity contribution in [1.29, 1.82) is 0 Å². The number of rotatable bonds is 6. The minimum absolute atomic E-state index is 0.243. The number of amides is 2. The topological polar surface area (TPSA) is 115 Å². The highest BCUT2D eigenvalue weighted by atomic mass is 16.7. The number of hydrogen-bond acceptors (Lipinski definition) is 8. The van der Waals surface area contributed by atoms with E-state index >= 15 is 0 Å². The summed E-state index contributed by atoms with van der Waals surface area (Å²) < 4.78 is 17.3. The maximum Gasteiger partial charge on any atom is 0.498 e. The average Bonchev–Trinajstić information content (AvgIpc) is 3.26. The van der Waals surface area contributed by atoms with E-state index in [2.05, 4.69) is 25.5 Å². The molecule has 3 heterocycles. The number of nitrogens with zero attached hydrogens (tertiary/aromatic N) is 3. The van der Waals surface area contributed by atoms with Gasteiger partial charge in [0.2, 0.25) is 11.9 Å². The highest BCUT2D eigenvalue weighted by molar-refractivity contribution is 6.61. The van der Waals surface area contributed by atoms with E-state index in [4.69, 9.17) is 14.0 Å².